The van der Waals surface area contributed by atoms with Gasteiger partial charge in [0, 0.05) is 30.2 Å². The van der Waals surface area contributed by atoms with E-state index in [0.717, 1.165) is 0 Å². The summed E-state index contributed by atoms with van der Waals surface area (Å²) >= 11 is 1.74. The molecule has 0 fully saturated rings. The van der Waals surface area contributed by atoms with E-state index < -0.39 is 0 Å². The minimum absolute atomic E-state index is 1.25. The van der Waals surface area contributed by atoms with Crippen LogP contribution in [0.15, 0.2) is 41.4 Å². The molecule has 22 heavy (non-hydrogen) atoms. The Balaban J connectivity index is 2.34. The molecule has 0 aliphatic rings. The molecule has 0 saturated carbocycles. The predicted molar refractivity (Wildman–Crippen MR) is 91.4 cm³/mol. The molecule has 0 bridgehead atoms. The molecule has 3 rings (SSSR count). The highest BCUT2D eigenvalue weighted by Gasteiger charge is 2.25. The average molecular weight is 310 g/mol. The van der Waals surface area contributed by atoms with Gasteiger partial charge in [0.05, 0.1) is 10.9 Å². The Labute approximate surface area is 136 Å². The van der Waals surface area contributed by atoms with Crippen LogP contribution >= 0.6 is 11.3 Å². The summed E-state index contributed by atoms with van der Waals surface area (Å²) in [5.41, 5.74) is 11.3. The zero-order chi connectivity index (χ0) is 15.9. The number of rotatable bonds is 2. The number of benzene rings is 1. The standard InChI is InChI=1S/C19H22N2S/c1-13-10-14(2)19(21-9-7-6-8-15(21)3)16(4)18(13)17-11-22-12-20(17)5/h6-12H,1-5H3/q+2. The van der Waals surface area contributed by atoms with Gasteiger partial charge >= 0.3 is 0 Å². The van der Waals surface area contributed by atoms with E-state index in [2.05, 4.69) is 85.2 Å². The molecule has 1 aromatic carbocycles. The van der Waals surface area contributed by atoms with Crippen LogP contribution in [0.25, 0.3) is 16.9 Å². The molecular weight excluding hydrogens is 288 g/mol. The highest BCUT2D eigenvalue weighted by atomic mass is 32.1. The van der Waals surface area contributed by atoms with Gasteiger partial charge in [-0.05, 0) is 32.4 Å². The van der Waals surface area contributed by atoms with Crippen molar-refractivity contribution in [2.75, 3.05) is 0 Å². The first-order valence-electron chi connectivity index (χ1n) is 7.51. The van der Waals surface area contributed by atoms with E-state index in [4.69, 9.17) is 0 Å². The quantitative estimate of drug-likeness (QED) is 0.637. The first kappa shape index (κ1) is 14.9. The first-order chi connectivity index (χ1) is 10.5. The molecule has 2 aromatic heterocycles. The van der Waals surface area contributed by atoms with Crippen molar-refractivity contribution < 1.29 is 9.13 Å². The van der Waals surface area contributed by atoms with Gasteiger partial charge in [-0.25, -0.2) is 0 Å². The molecule has 0 aliphatic carbocycles. The van der Waals surface area contributed by atoms with Gasteiger partial charge in [-0.1, -0.05) is 17.4 Å². The molecule has 3 heteroatoms. The monoisotopic (exact) mass is 310 g/mol. The molecule has 2 nitrogen and oxygen atoms in total. The minimum Gasteiger partial charge on any atom is -0.191 e. The summed E-state index contributed by atoms with van der Waals surface area (Å²) in [4.78, 5) is 0. The van der Waals surface area contributed by atoms with Crippen molar-refractivity contribution in [3.05, 3.63) is 63.7 Å². The van der Waals surface area contributed by atoms with Gasteiger partial charge in [-0.2, -0.15) is 9.13 Å². The Kier molecular flexibility index (Phi) is 3.83. The second-order valence-corrected chi connectivity index (χ2v) is 6.65. The van der Waals surface area contributed by atoms with Gasteiger partial charge in [-0.15, -0.1) is 0 Å². The third-order valence-corrected chi connectivity index (χ3v) is 5.07. The van der Waals surface area contributed by atoms with E-state index >= 15 is 0 Å². The van der Waals surface area contributed by atoms with Gasteiger partial charge in [0.25, 0.3) is 0 Å². The van der Waals surface area contributed by atoms with Crippen LogP contribution in [0, 0.1) is 27.7 Å². The normalized spacial score (nSPS) is 11.0. The molecule has 0 amide bonds. The maximum absolute atomic E-state index is 2.30. The fourth-order valence-electron chi connectivity index (χ4n) is 3.28. The SMILES string of the molecule is Cc1cc(C)c(-[n+]2ccccc2C)c(C)c1-c1csc[n+]1C. The fourth-order valence-corrected chi connectivity index (χ4v) is 4.05. The van der Waals surface area contributed by atoms with Crippen molar-refractivity contribution >= 4 is 11.3 Å². The van der Waals surface area contributed by atoms with Crippen LogP contribution in [-0.2, 0) is 7.05 Å². The number of nitrogens with zero attached hydrogens (tertiary/aromatic N) is 2. The summed E-state index contributed by atoms with van der Waals surface area (Å²) in [6.45, 7) is 8.80. The second kappa shape index (κ2) is 5.65. The van der Waals surface area contributed by atoms with Gasteiger partial charge in [0.15, 0.2) is 11.9 Å². The maximum Gasteiger partial charge on any atom is 0.224 e. The number of pyridine rings is 1. The third-order valence-electron chi connectivity index (χ3n) is 4.27. The second-order valence-electron chi connectivity index (χ2n) is 5.93. The molecule has 3 aromatic rings. The third kappa shape index (κ3) is 2.35. The number of aryl methyl sites for hydroxylation is 4. The topological polar surface area (TPSA) is 7.76 Å². The van der Waals surface area contributed by atoms with Crippen molar-refractivity contribution in [1.29, 1.82) is 0 Å². The number of aromatic nitrogens is 2. The Morgan fingerprint density at radius 1 is 1.00 bits per heavy atom. The molecule has 0 atom stereocenters. The molecule has 0 unspecified atom stereocenters. The van der Waals surface area contributed by atoms with Gasteiger partial charge in [0.2, 0.25) is 16.9 Å². The molecule has 0 aliphatic heterocycles. The Hall–Kier alpha value is -2.00. The lowest BCUT2D eigenvalue weighted by atomic mass is 9.95. The number of hydrogen-bond donors (Lipinski definition) is 0. The average Bonchev–Trinajstić information content (AvgIpc) is 2.87. The van der Waals surface area contributed by atoms with Crippen LogP contribution in [0.2, 0.25) is 0 Å². The summed E-state index contributed by atoms with van der Waals surface area (Å²) in [7, 11) is 2.12. The molecule has 0 spiro atoms. The van der Waals surface area contributed by atoms with E-state index in [0.29, 0.717) is 0 Å². The highest BCUT2D eigenvalue weighted by Crippen LogP contribution is 2.30. The maximum atomic E-state index is 2.30. The summed E-state index contributed by atoms with van der Waals surface area (Å²) in [6.07, 6.45) is 2.15. The molecule has 0 radical (unpaired) electrons. The van der Waals surface area contributed by atoms with Crippen LogP contribution in [0.1, 0.15) is 22.4 Å². The Morgan fingerprint density at radius 2 is 1.77 bits per heavy atom. The largest absolute Gasteiger partial charge is 0.224 e. The van der Waals surface area contributed by atoms with Crippen LogP contribution in [-0.4, -0.2) is 0 Å². The Bertz CT molecular complexity index is 847. The summed E-state index contributed by atoms with van der Waals surface area (Å²) in [6, 6.07) is 8.64. The Morgan fingerprint density at radius 3 is 2.41 bits per heavy atom. The van der Waals surface area contributed by atoms with Crippen LogP contribution in [0.5, 0.6) is 0 Å². The zero-order valence-corrected chi connectivity index (χ0v) is 14.7. The molecular formula is C19H22N2S+2. The van der Waals surface area contributed by atoms with Gasteiger partial charge < -0.3 is 0 Å². The van der Waals surface area contributed by atoms with Crippen LogP contribution in [0.3, 0.4) is 0 Å². The highest BCUT2D eigenvalue weighted by molar-refractivity contribution is 7.07. The minimum atomic E-state index is 1.25. The van der Waals surface area contributed by atoms with E-state index in [1.807, 2.05) is 0 Å². The van der Waals surface area contributed by atoms with Crippen LogP contribution < -0.4 is 9.13 Å². The van der Waals surface area contributed by atoms with Crippen molar-refractivity contribution in [3.63, 3.8) is 0 Å². The molecule has 0 saturated heterocycles. The van der Waals surface area contributed by atoms with Gasteiger partial charge in [0.1, 0.15) is 7.05 Å². The fraction of sp³-hybridized carbons (Fsp3) is 0.263. The number of thiazole rings is 1. The lowest BCUT2D eigenvalue weighted by Gasteiger charge is -2.12. The molecule has 112 valence electrons. The summed E-state index contributed by atoms with van der Waals surface area (Å²) < 4.78 is 4.50. The van der Waals surface area contributed by atoms with E-state index in [1.165, 1.54) is 39.3 Å². The van der Waals surface area contributed by atoms with E-state index in [9.17, 15) is 0 Å². The predicted octanol–water partition coefficient (Wildman–Crippen LogP) is 3.75. The van der Waals surface area contributed by atoms with Crippen molar-refractivity contribution in [2.45, 2.75) is 27.7 Å². The lowest BCUT2D eigenvalue weighted by molar-refractivity contribution is -0.655. The van der Waals surface area contributed by atoms with Crippen molar-refractivity contribution in [3.8, 4) is 16.9 Å². The van der Waals surface area contributed by atoms with Crippen molar-refractivity contribution in [2.24, 2.45) is 7.05 Å². The first-order valence-corrected chi connectivity index (χ1v) is 8.45. The molecule has 2 heterocycles. The zero-order valence-electron chi connectivity index (χ0n) is 13.8. The summed E-state index contributed by atoms with van der Waals surface area (Å²) in [5.74, 6) is 0. The van der Waals surface area contributed by atoms with Crippen molar-refractivity contribution in [1.82, 2.24) is 0 Å². The molecule has 0 N–H and O–H groups in total. The van der Waals surface area contributed by atoms with E-state index in [1.54, 1.807) is 11.3 Å². The summed E-state index contributed by atoms with van der Waals surface area (Å²) in [5, 5.41) is 2.23. The number of hydrogen-bond acceptors (Lipinski definition) is 1. The van der Waals surface area contributed by atoms with E-state index in [-0.39, 0.29) is 0 Å². The lowest BCUT2D eigenvalue weighted by Crippen LogP contribution is -2.36. The van der Waals surface area contributed by atoms with Gasteiger partial charge in [-0.3, -0.25) is 0 Å². The smallest absolute Gasteiger partial charge is 0.191 e. The van der Waals surface area contributed by atoms with Crippen LogP contribution in [0.4, 0.5) is 0 Å².